The van der Waals surface area contributed by atoms with E-state index >= 15 is 0 Å². The molecule has 2 atom stereocenters. The molecule has 2 aromatic carbocycles. The molecule has 4 heteroatoms. The number of likely N-dealkylation sites (tertiary alicyclic amines) is 1. The fourth-order valence-electron chi connectivity index (χ4n) is 4.02. The third kappa shape index (κ3) is 2.96. The fourth-order valence-corrected chi connectivity index (χ4v) is 4.15. The van der Waals surface area contributed by atoms with Crippen LogP contribution in [0.4, 0.5) is 0 Å². The largest absolute Gasteiger partial charge is 0.379 e. The number of hydrogen-bond acceptors (Lipinski definition) is 2. The second kappa shape index (κ2) is 6.47. The molecule has 2 fully saturated rings. The quantitative estimate of drug-likeness (QED) is 0.829. The summed E-state index contributed by atoms with van der Waals surface area (Å²) in [5.74, 6) is 0.464. The summed E-state index contributed by atoms with van der Waals surface area (Å²) in [7, 11) is 1.74. The van der Waals surface area contributed by atoms with Crippen LogP contribution in [0.5, 0.6) is 0 Å². The summed E-state index contributed by atoms with van der Waals surface area (Å²) in [6.45, 7) is 1.38. The first-order chi connectivity index (χ1) is 12.1. The molecule has 2 unspecified atom stereocenters. The molecule has 0 N–H and O–H groups in total. The Balaban J connectivity index is 1.56. The minimum Gasteiger partial charge on any atom is -0.379 e. The van der Waals surface area contributed by atoms with Crippen LogP contribution in [0.2, 0.25) is 5.02 Å². The Hall–Kier alpha value is -1.84. The number of methoxy groups -OCH3 is 1. The van der Waals surface area contributed by atoms with Crippen LogP contribution in [0.3, 0.4) is 0 Å². The fraction of sp³-hybridized carbons (Fsp3) is 0.381. The highest BCUT2D eigenvalue weighted by Crippen LogP contribution is 2.50. The number of benzene rings is 2. The van der Waals surface area contributed by atoms with Crippen LogP contribution in [0, 0.1) is 0 Å². The average molecular weight is 356 g/mol. The lowest BCUT2D eigenvalue weighted by molar-refractivity contribution is -0.133. The Labute approximate surface area is 153 Å². The van der Waals surface area contributed by atoms with Gasteiger partial charge in [-0.3, -0.25) is 4.79 Å². The molecular formula is C21H22ClNO2. The number of carbonyl (C=O) groups is 1. The Bertz CT molecular complexity index is 755. The Morgan fingerprint density at radius 1 is 1.08 bits per heavy atom. The van der Waals surface area contributed by atoms with E-state index in [9.17, 15) is 4.79 Å². The van der Waals surface area contributed by atoms with Crippen LogP contribution in [0.15, 0.2) is 54.6 Å². The number of halogens is 1. The molecule has 3 nitrogen and oxygen atoms in total. The Kier molecular flexibility index (Phi) is 4.30. The van der Waals surface area contributed by atoms with Crippen molar-refractivity contribution in [3.63, 3.8) is 0 Å². The van der Waals surface area contributed by atoms with Crippen molar-refractivity contribution in [3.8, 4) is 0 Å². The third-order valence-electron chi connectivity index (χ3n) is 5.64. The molecule has 1 saturated carbocycles. The first-order valence-corrected chi connectivity index (χ1v) is 9.15. The van der Waals surface area contributed by atoms with Crippen molar-refractivity contribution in [1.29, 1.82) is 0 Å². The molecule has 0 radical (unpaired) electrons. The molecule has 1 saturated heterocycles. The van der Waals surface area contributed by atoms with Gasteiger partial charge in [0.15, 0.2) is 0 Å². The maximum Gasteiger partial charge on any atom is 0.233 e. The average Bonchev–Trinajstić information content (AvgIpc) is 3.34. The van der Waals surface area contributed by atoms with Gasteiger partial charge in [-0.25, -0.2) is 0 Å². The third-order valence-corrected chi connectivity index (χ3v) is 5.89. The molecule has 1 amide bonds. The zero-order chi connectivity index (χ0) is 17.4. The smallest absolute Gasteiger partial charge is 0.233 e. The van der Waals surface area contributed by atoms with Crippen molar-refractivity contribution in [2.24, 2.45) is 0 Å². The lowest BCUT2D eigenvalue weighted by Crippen LogP contribution is -2.38. The second-order valence-corrected chi connectivity index (χ2v) is 7.53. The van der Waals surface area contributed by atoms with Gasteiger partial charge >= 0.3 is 0 Å². The zero-order valence-corrected chi connectivity index (χ0v) is 15.1. The van der Waals surface area contributed by atoms with Gasteiger partial charge in [-0.05, 0) is 36.1 Å². The van der Waals surface area contributed by atoms with Gasteiger partial charge in [0.05, 0.1) is 11.5 Å². The van der Waals surface area contributed by atoms with Crippen molar-refractivity contribution in [2.45, 2.75) is 30.3 Å². The van der Waals surface area contributed by atoms with Crippen LogP contribution in [-0.4, -0.2) is 37.1 Å². The standard InChI is InChI=1S/C21H22ClNO2/c1-25-19-14-23(13-18(19)15-5-3-2-4-6-15)20(24)21(11-12-21)16-7-9-17(22)10-8-16/h2-10,18-19H,11-14H2,1H3. The lowest BCUT2D eigenvalue weighted by Gasteiger charge is -2.23. The van der Waals surface area contributed by atoms with Gasteiger partial charge in [0.1, 0.15) is 0 Å². The molecule has 0 spiro atoms. The molecule has 4 rings (SSSR count). The van der Waals surface area contributed by atoms with E-state index < -0.39 is 0 Å². The van der Waals surface area contributed by atoms with Crippen LogP contribution in [0.25, 0.3) is 0 Å². The maximum absolute atomic E-state index is 13.3. The van der Waals surface area contributed by atoms with E-state index in [1.165, 1.54) is 5.56 Å². The van der Waals surface area contributed by atoms with E-state index in [-0.39, 0.29) is 23.3 Å². The van der Waals surface area contributed by atoms with Gasteiger partial charge in [0, 0.05) is 31.1 Å². The highest BCUT2D eigenvalue weighted by molar-refractivity contribution is 6.30. The van der Waals surface area contributed by atoms with E-state index in [0.717, 1.165) is 24.9 Å². The second-order valence-electron chi connectivity index (χ2n) is 7.09. The summed E-state index contributed by atoms with van der Waals surface area (Å²) in [5, 5.41) is 0.705. The SMILES string of the molecule is COC1CN(C(=O)C2(c3ccc(Cl)cc3)CC2)CC1c1ccccc1. The van der Waals surface area contributed by atoms with Crippen LogP contribution in [0.1, 0.15) is 29.9 Å². The monoisotopic (exact) mass is 355 g/mol. The molecule has 1 heterocycles. The van der Waals surface area contributed by atoms with Gasteiger partial charge in [0.25, 0.3) is 0 Å². The van der Waals surface area contributed by atoms with Crippen molar-refractivity contribution >= 4 is 17.5 Å². The normalized spacial score (nSPS) is 24.3. The number of nitrogens with zero attached hydrogens (tertiary/aromatic N) is 1. The van der Waals surface area contributed by atoms with Gasteiger partial charge in [-0.15, -0.1) is 0 Å². The van der Waals surface area contributed by atoms with Gasteiger partial charge in [0.2, 0.25) is 5.91 Å². The van der Waals surface area contributed by atoms with E-state index in [2.05, 4.69) is 12.1 Å². The number of amides is 1. The van der Waals surface area contributed by atoms with E-state index in [1.807, 2.05) is 47.4 Å². The predicted octanol–water partition coefficient (Wildman–Crippen LogP) is 4.01. The summed E-state index contributed by atoms with van der Waals surface area (Å²) >= 11 is 6.00. The van der Waals surface area contributed by atoms with E-state index in [4.69, 9.17) is 16.3 Å². The van der Waals surface area contributed by atoms with Crippen molar-refractivity contribution < 1.29 is 9.53 Å². The predicted molar refractivity (Wildman–Crippen MR) is 98.9 cm³/mol. The minimum atomic E-state index is -0.353. The molecule has 25 heavy (non-hydrogen) atoms. The maximum atomic E-state index is 13.3. The molecular weight excluding hydrogens is 334 g/mol. The van der Waals surface area contributed by atoms with E-state index in [0.29, 0.717) is 11.6 Å². The highest BCUT2D eigenvalue weighted by Gasteiger charge is 2.54. The zero-order valence-electron chi connectivity index (χ0n) is 14.3. The number of carbonyl (C=O) groups excluding carboxylic acids is 1. The van der Waals surface area contributed by atoms with Crippen LogP contribution >= 0.6 is 11.6 Å². The molecule has 2 aromatic rings. The highest BCUT2D eigenvalue weighted by atomic mass is 35.5. The molecule has 0 bridgehead atoms. The summed E-state index contributed by atoms with van der Waals surface area (Å²) in [5.41, 5.74) is 1.97. The molecule has 0 aromatic heterocycles. The summed E-state index contributed by atoms with van der Waals surface area (Å²) in [4.78, 5) is 15.3. The van der Waals surface area contributed by atoms with Crippen molar-refractivity contribution in [2.75, 3.05) is 20.2 Å². The van der Waals surface area contributed by atoms with Gasteiger partial charge in [-0.1, -0.05) is 54.1 Å². The Morgan fingerprint density at radius 2 is 1.76 bits per heavy atom. The molecule has 1 aliphatic heterocycles. The van der Waals surface area contributed by atoms with Gasteiger partial charge < -0.3 is 9.64 Å². The lowest BCUT2D eigenvalue weighted by atomic mass is 9.94. The first kappa shape index (κ1) is 16.6. The molecule has 1 aliphatic carbocycles. The summed E-state index contributed by atoms with van der Waals surface area (Å²) < 4.78 is 5.70. The van der Waals surface area contributed by atoms with Crippen molar-refractivity contribution in [3.05, 3.63) is 70.7 Å². The first-order valence-electron chi connectivity index (χ1n) is 8.77. The van der Waals surface area contributed by atoms with Crippen LogP contribution in [-0.2, 0) is 14.9 Å². The summed E-state index contributed by atoms with van der Waals surface area (Å²) in [6.07, 6.45) is 1.88. The topological polar surface area (TPSA) is 29.5 Å². The van der Waals surface area contributed by atoms with Crippen LogP contribution < -0.4 is 0 Å². The number of ether oxygens (including phenoxy) is 1. The summed E-state index contributed by atoms with van der Waals surface area (Å²) in [6, 6.07) is 18.1. The minimum absolute atomic E-state index is 0.0485. The van der Waals surface area contributed by atoms with E-state index in [1.54, 1.807) is 7.11 Å². The molecule has 2 aliphatic rings. The number of rotatable bonds is 4. The molecule has 130 valence electrons. The van der Waals surface area contributed by atoms with Gasteiger partial charge in [-0.2, -0.15) is 0 Å². The number of hydrogen-bond donors (Lipinski definition) is 0. The Morgan fingerprint density at radius 3 is 2.36 bits per heavy atom. The van der Waals surface area contributed by atoms with Crippen molar-refractivity contribution in [1.82, 2.24) is 4.90 Å².